The Morgan fingerprint density at radius 3 is 1.67 bits per heavy atom. The Hall–Kier alpha value is 0.490. The molecule has 6 heavy (non-hydrogen) atoms. The first-order valence-corrected chi connectivity index (χ1v) is 2.41. The van der Waals surface area contributed by atoms with E-state index >= 15 is 0 Å². The zero-order valence-electron chi connectivity index (χ0n) is 3.22. The van der Waals surface area contributed by atoms with Gasteiger partial charge in [0.25, 0.3) is 0 Å². The van der Waals surface area contributed by atoms with Crippen molar-refractivity contribution in [2.75, 3.05) is 0 Å². The van der Waals surface area contributed by atoms with Crippen LogP contribution in [-0.4, -0.2) is 23.7 Å². The summed E-state index contributed by atoms with van der Waals surface area (Å²) in [7, 11) is 0. The first-order valence-electron chi connectivity index (χ1n) is 1.47. The average molecular weight is 214 g/mol. The monoisotopic (exact) mass is 216 g/mol. The van der Waals surface area contributed by atoms with Crippen LogP contribution in [0.25, 0.3) is 0 Å². The minimum Gasteiger partial charge on any atom is -0.152 e. The van der Waals surface area contributed by atoms with Crippen molar-refractivity contribution in [1.29, 1.82) is 0 Å². The third-order valence-electron chi connectivity index (χ3n) is 0.425. The molecule has 1 aromatic heterocycles. The quantitative estimate of drug-likeness (QED) is 0.561. The van der Waals surface area contributed by atoms with Crippen LogP contribution in [0.15, 0.2) is 22.9 Å². The van der Waals surface area contributed by atoms with Gasteiger partial charge in [-0.05, 0) is 10.8 Å². The summed E-state index contributed by atoms with van der Waals surface area (Å²) < 4.78 is 0. The molecule has 0 saturated carbocycles. The Kier molecular flexibility index (Phi) is 3.97. The molecular weight excluding hydrogens is 208 g/mol. The average Bonchev–Trinajstić information content (AvgIpc) is 1.76. The molecule has 0 saturated heterocycles. The van der Waals surface area contributed by atoms with E-state index in [0.717, 1.165) is 0 Å². The van der Waals surface area contributed by atoms with E-state index in [4.69, 9.17) is 0 Å². The fourth-order valence-corrected chi connectivity index (χ4v) is 0.680. The largest absolute Gasteiger partial charge is 0.152 e. The van der Waals surface area contributed by atoms with Crippen LogP contribution in [-0.2, 0) is 0 Å². The molecule has 0 fully saturated rings. The Bertz CT molecular complexity index is 64.0. The molecule has 0 bridgehead atoms. The molecule has 1 rings (SSSR count). The molecule has 34 valence electrons. The number of rotatable bonds is 0. The molecule has 0 aromatic carbocycles. The third kappa shape index (κ3) is 1.81. The summed E-state index contributed by atoms with van der Waals surface area (Å²) in [5.41, 5.74) is 0. The molecule has 0 spiro atoms. The minimum absolute atomic E-state index is 0. The molecular formula is C4H6STe. The molecule has 0 aliphatic carbocycles. The van der Waals surface area contributed by atoms with Gasteiger partial charge in [0, 0.05) is 0 Å². The number of hydrogen-bond donors (Lipinski definition) is 0. The van der Waals surface area contributed by atoms with E-state index < -0.39 is 0 Å². The molecule has 0 nitrogen and oxygen atoms in total. The predicted octanol–water partition coefficient (Wildman–Crippen LogP) is 0.832. The van der Waals surface area contributed by atoms with Gasteiger partial charge in [0.05, 0.1) is 0 Å². The normalized spacial score (nSPS) is 6.67. The summed E-state index contributed by atoms with van der Waals surface area (Å²) in [6.07, 6.45) is 0. The summed E-state index contributed by atoms with van der Waals surface area (Å²) in [6, 6.07) is 4.04. The Balaban J connectivity index is 0.000000250. The van der Waals surface area contributed by atoms with E-state index in [1.807, 2.05) is 22.9 Å². The Labute approximate surface area is 57.9 Å². The molecule has 0 aliphatic heterocycles. The van der Waals surface area contributed by atoms with Crippen LogP contribution >= 0.6 is 11.3 Å². The standard InChI is InChI=1S/C4H4S.H2Te/c1-2-4-5-3-1;/h1-4H;1H2. The van der Waals surface area contributed by atoms with E-state index in [1.165, 1.54) is 0 Å². The molecule has 0 atom stereocenters. The van der Waals surface area contributed by atoms with Gasteiger partial charge in [-0.15, -0.1) is 0 Å². The second-order valence-corrected chi connectivity index (χ2v) is 1.61. The third-order valence-corrected chi connectivity index (χ3v) is 1.05. The maximum Gasteiger partial charge on any atom is -0.00934 e. The molecule has 2 heteroatoms. The molecule has 0 amide bonds. The van der Waals surface area contributed by atoms with E-state index in [2.05, 4.69) is 0 Å². The van der Waals surface area contributed by atoms with Crippen LogP contribution in [0.4, 0.5) is 0 Å². The zero-order valence-corrected chi connectivity index (χ0v) is 6.89. The van der Waals surface area contributed by atoms with Gasteiger partial charge in [-0.25, -0.2) is 0 Å². The van der Waals surface area contributed by atoms with Crippen molar-refractivity contribution in [3.63, 3.8) is 0 Å². The van der Waals surface area contributed by atoms with Crippen molar-refractivity contribution >= 4 is 35.0 Å². The maximum atomic E-state index is 2.04. The molecule has 1 aromatic rings. The van der Waals surface area contributed by atoms with Gasteiger partial charge in [0.1, 0.15) is 0 Å². The second kappa shape index (κ2) is 3.67. The first kappa shape index (κ1) is 6.49. The SMILES string of the molecule is [TeH2].c1ccsc1. The van der Waals surface area contributed by atoms with Gasteiger partial charge in [-0.2, -0.15) is 11.3 Å². The summed E-state index contributed by atoms with van der Waals surface area (Å²) in [6.45, 7) is 0. The minimum atomic E-state index is 0. The van der Waals surface area contributed by atoms with Crippen molar-refractivity contribution in [2.45, 2.75) is 0 Å². The van der Waals surface area contributed by atoms with Gasteiger partial charge in [0.2, 0.25) is 0 Å². The molecule has 0 radical (unpaired) electrons. The van der Waals surface area contributed by atoms with Crippen molar-refractivity contribution < 1.29 is 0 Å². The van der Waals surface area contributed by atoms with E-state index in [1.54, 1.807) is 11.3 Å². The summed E-state index contributed by atoms with van der Waals surface area (Å²) >= 11 is 1.71. The summed E-state index contributed by atoms with van der Waals surface area (Å²) in [4.78, 5) is 0. The van der Waals surface area contributed by atoms with E-state index in [-0.39, 0.29) is 23.7 Å². The summed E-state index contributed by atoms with van der Waals surface area (Å²) in [5, 5.41) is 4.08. The van der Waals surface area contributed by atoms with Gasteiger partial charge in [-0.3, -0.25) is 0 Å². The molecule has 0 N–H and O–H groups in total. The van der Waals surface area contributed by atoms with Crippen LogP contribution in [0.3, 0.4) is 0 Å². The van der Waals surface area contributed by atoms with Gasteiger partial charge in [0.15, 0.2) is 0 Å². The van der Waals surface area contributed by atoms with Crippen molar-refractivity contribution in [3.05, 3.63) is 22.9 Å². The van der Waals surface area contributed by atoms with E-state index in [0.29, 0.717) is 0 Å². The van der Waals surface area contributed by atoms with Crippen LogP contribution < -0.4 is 0 Å². The first-order chi connectivity index (χ1) is 2.50. The van der Waals surface area contributed by atoms with Gasteiger partial charge >= 0.3 is 23.7 Å². The summed E-state index contributed by atoms with van der Waals surface area (Å²) in [5.74, 6) is 0. The van der Waals surface area contributed by atoms with Crippen LogP contribution in [0, 0.1) is 0 Å². The molecule has 0 unspecified atom stereocenters. The van der Waals surface area contributed by atoms with Crippen LogP contribution in [0.5, 0.6) is 0 Å². The second-order valence-electron chi connectivity index (χ2n) is 0.793. The maximum absolute atomic E-state index is 2.04. The van der Waals surface area contributed by atoms with Crippen LogP contribution in [0.1, 0.15) is 0 Å². The van der Waals surface area contributed by atoms with Gasteiger partial charge < -0.3 is 0 Å². The Morgan fingerprint density at radius 1 is 1.00 bits per heavy atom. The smallest absolute Gasteiger partial charge is 0.00934 e. The van der Waals surface area contributed by atoms with Gasteiger partial charge in [-0.1, -0.05) is 12.1 Å². The molecule has 1 heterocycles. The fourth-order valence-electron chi connectivity index (χ4n) is 0.227. The number of hydrogen-bond acceptors (Lipinski definition) is 1. The van der Waals surface area contributed by atoms with Crippen molar-refractivity contribution in [2.24, 2.45) is 0 Å². The topological polar surface area (TPSA) is 0 Å². The van der Waals surface area contributed by atoms with Crippen LogP contribution in [0.2, 0.25) is 0 Å². The van der Waals surface area contributed by atoms with Crippen molar-refractivity contribution in [3.8, 4) is 0 Å². The zero-order chi connectivity index (χ0) is 3.54. The Morgan fingerprint density at radius 2 is 1.50 bits per heavy atom. The van der Waals surface area contributed by atoms with Crippen molar-refractivity contribution in [1.82, 2.24) is 0 Å². The molecule has 0 aliphatic rings. The predicted molar refractivity (Wildman–Crippen MR) is 32.9 cm³/mol. The van der Waals surface area contributed by atoms with E-state index in [9.17, 15) is 0 Å². The fraction of sp³-hybridized carbons (Fsp3) is 0. The number of thiophene rings is 1.